The molecule has 0 aromatic carbocycles. The lowest BCUT2D eigenvalue weighted by Gasteiger charge is -2.22. The van der Waals surface area contributed by atoms with E-state index in [9.17, 15) is 9.59 Å². The van der Waals surface area contributed by atoms with E-state index in [2.05, 4.69) is 15.3 Å². The highest BCUT2D eigenvalue weighted by Gasteiger charge is 2.23. The van der Waals surface area contributed by atoms with Crippen molar-refractivity contribution in [3.63, 3.8) is 0 Å². The molecule has 1 rings (SSSR count). The Morgan fingerprint density at radius 1 is 1.65 bits per heavy atom. The number of carboxylic acid groups (broad SMARTS) is 1. The maximum absolute atomic E-state index is 11.9. The number of amides is 2. The van der Waals surface area contributed by atoms with Crippen LogP contribution in [0.15, 0.2) is 12.5 Å². The zero-order valence-electron chi connectivity index (χ0n) is 11.2. The van der Waals surface area contributed by atoms with Crippen molar-refractivity contribution < 1.29 is 14.7 Å². The minimum absolute atomic E-state index is 0.122. The smallest absolute Gasteiger partial charge is 0.326 e. The van der Waals surface area contributed by atoms with Crippen molar-refractivity contribution in [3.05, 3.63) is 18.2 Å². The summed E-state index contributed by atoms with van der Waals surface area (Å²) < 4.78 is 0. The molecule has 0 unspecified atom stereocenters. The van der Waals surface area contributed by atoms with Crippen LogP contribution in [-0.4, -0.2) is 51.1 Å². The number of nitrogens with one attached hydrogen (secondary N) is 2. The predicted molar refractivity (Wildman–Crippen MR) is 69.7 cm³/mol. The van der Waals surface area contributed by atoms with Crippen LogP contribution in [0.2, 0.25) is 0 Å². The Hall–Kier alpha value is -2.56. The number of imidazole rings is 1. The van der Waals surface area contributed by atoms with Gasteiger partial charge in [-0.2, -0.15) is 5.26 Å². The lowest BCUT2D eigenvalue weighted by Crippen LogP contribution is -2.49. The van der Waals surface area contributed by atoms with E-state index in [-0.39, 0.29) is 19.4 Å². The van der Waals surface area contributed by atoms with Gasteiger partial charge in [-0.05, 0) is 6.92 Å². The molecule has 0 bridgehead atoms. The van der Waals surface area contributed by atoms with Crippen LogP contribution >= 0.6 is 0 Å². The Labute approximate surface area is 116 Å². The van der Waals surface area contributed by atoms with E-state index in [1.807, 2.05) is 6.07 Å². The predicted octanol–water partition coefficient (Wildman–Crippen LogP) is 0.351. The second kappa shape index (κ2) is 7.78. The monoisotopic (exact) mass is 279 g/mol. The molecule has 0 aliphatic carbocycles. The van der Waals surface area contributed by atoms with Crippen molar-refractivity contribution in [2.24, 2.45) is 0 Å². The van der Waals surface area contributed by atoms with E-state index < -0.39 is 18.0 Å². The molecule has 0 radical (unpaired) electrons. The molecule has 0 aliphatic rings. The van der Waals surface area contributed by atoms with E-state index in [1.54, 1.807) is 6.92 Å². The summed E-state index contributed by atoms with van der Waals surface area (Å²) in [5.41, 5.74) is 0.623. The van der Waals surface area contributed by atoms with Gasteiger partial charge in [0.25, 0.3) is 0 Å². The summed E-state index contributed by atoms with van der Waals surface area (Å²) in [7, 11) is 0. The molecule has 0 saturated heterocycles. The van der Waals surface area contributed by atoms with Crippen molar-refractivity contribution in [1.82, 2.24) is 20.2 Å². The number of aromatic nitrogens is 2. The zero-order chi connectivity index (χ0) is 15.0. The molecule has 0 fully saturated rings. The summed E-state index contributed by atoms with van der Waals surface area (Å²) in [6, 6.07) is 0.415. The topological polar surface area (TPSA) is 122 Å². The molecule has 0 saturated carbocycles. The summed E-state index contributed by atoms with van der Waals surface area (Å²) >= 11 is 0. The first-order valence-electron chi connectivity index (χ1n) is 6.21. The van der Waals surface area contributed by atoms with Crippen molar-refractivity contribution in [2.75, 3.05) is 13.1 Å². The average molecular weight is 279 g/mol. The van der Waals surface area contributed by atoms with Crippen LogP contribution in [-0.2, 0) is 11.2 Å². The molecular weight excluding hydrogens is 262 g/mol. The highest BCUT2D eigenvalue weighted by Crippen LogP contribution is 2.01. The Bertz CT molecular complexity index is 480. The molecule has 20 heavy (non-hydrogen) atoms. The highest BCUT2D eigenvalue weighted by atomic mass is 16.4. The summed E-state index contributed by atoms with van der Waals surface area (Å²) in [5, 5.41) is 20.1. The van der Waals surface area contributed by atoms with Crippen molar-refractivity contribution in [1.29, 1.82) is 5.26 Å². The fourth-order valence-corrected chi connectivity index (χ4v) is 1.64. The van der Waals surface area contributed by atoms with Gasteiger partial charge in [-0.25, -0.2) is 14.6 Å². The Morgan fingerprint density at radius 3 is 2.90 bits per heavy atom. The Balaban J connectivity index is 2.62. The average Bonchev–Trinajstić information content (AvgIpc) is 2.91. The number of aliphatic carboxylic acids is 1. The largest absolute Gasteiger partial charge is 0.480 e. The van der Waals surface area contributed by atoms with Gasteiger partial charge in [-0.3, -0.25) is 0 Å². The summed E-state index contributed by atoms with van der Waals surface area (Å²) in [6.45, 7) is 2.45. The number of nitrogens with zero attached hydrogens (tertiary/aromatic N) is 3. The van der Waals surface area contributed by atoms with E-state index >= 15 is 0 Å². The molecule has 1 aromatic rings. The number of nitriles is 1. The van der Waals surface area contributed by atoms with Crippen LogP contribution in [0.25, 0.3) is 0 Å². The third kappa shape index (κ3) is 4.61. The maximum Gasteiger partial charge on any atom is 0.326 e. The van der Waals surface area contributed by atoms with Crippen LogP contribution in [0.3, 0.4) is 0 Å². The molecule has 1 heterocycles. The summed E-state index contributed by atoms with van der Waals surface area (Å²) in [6.07, 6.45) is 3.28. The van der Waals surface area contributed by atoms with Gasteiger partial charge < -0.3 is 20.3 Å². The normalized spacial score (nSPS) is 11.4. The highest BCUT2D eigenvalue weighted by molar-refractivity contribution is 5.82. The fraction of sp³-hybridized carbons (Fsp3) is 0.500. The van der Waals surface area contributed by atoms with E-state index in [1.165, 1.54) is 17.4 Å². The Morgan fingerprint density at radius 2 is 2.40 bits per heavy atom. The Kier molecular flexibility index (Phi) is 6.03. The molecule has 3 N–H and O–H groups in total. The molecule has 1 aromatic heterocycles. The van der Waals surface area contributed by atoms with Gasteiger partial charge in [-0.15, -0.1) is 0 Å². The molecule has 8 nitrogen and oxygen atoms in total. The van der Waals surface area contributed by atoms with Gasteiger partial charge in [0, 0.05) is 31.4 Å². The number of aromatic amines is 1. The number of carbonyl (C=O) groups excluding carboxylic acids is 1. The molecule has 8 heteroatoms. The van der Waals surface area contributed by atoms with Crippen molar-refractivity contribution in [2.45, 2.75) is 25.8 Å². The van der Waals surface area contributed by atoms with Gasteiger partial charge >= 0.3 is 12.0 Å². The number of carboxylic acids is 1. The van der Waals surface area contributed by atoms with E-state index in [4.69, 9.17) is 10.4 Å². The van der Waals surface area contributed by atoms with Crippen LogP contribution in [0.4, 0.5) is 4.79 Å². The third-order valence-electron chi connectivity index (χ3n) is 2.74. The number of carbonyl (C=O) groups is 2. The second-order valence-corrected chi connectivity index (χ2v) is 4.11. The SMILES string of the molecule is CCN(CCC#N)C(=O)N[C@@H](Cc1cnc[nH]1)C(=O)O. The number of hydrogen-bond donors (Lipinski definition) is 3. The lowest BCUT2D eigenvalue weighted by atomic mass is 10.1. The number of urea groups is 1. The summed E-state index contributed by atoms with van der Waals surface area (Å²) in [4.78, 5) is 31.1. The van der Waals surface area contributed by atoms with E-state index in [0.717, 1.165) is 0 Å². The molecule has 2 amide bonds. The first-order valence-corrected chi connectivity index (χ1v) is 6.21. The number of hydrogen-bond acceptors (Lipinski definition) is 4. The number of rotatable bonds is 7. The first kappa shape index (κ1) is 15.5. The first-order chi connectivity index (χ1) is 9.58. The zero-order valence-corrected chi connectivity index (χ0v) is 11.2. The van der Waals surface area contributed by atoms with Crippen LogP contribution in [0.1, 0.15) is 19.0 Å². The van der Waals surface area contributed by atoms with Crippen LogP contribution in [0.5, 0.6) is 0 Å². The summed E-state index contributed by atoms with van der Waals surface area (Å²) in [5.74, 6) is -1.12. The van der Waals surface area contributed by atoms with Crippen molar-refractivity contribution in [3.8, 4) is 6.07 Å². The van der Waals surface area contributed by atoms with Gasteiger partial charge in [0.15, 0.2) is 0 Å². The van der Waals surface area contributed by atoms with Crippen LogP contribution in [0, 0.1) is 11.3 Å². The van der Waals surface area contributed by atoms with Crippen molar-refractivity contribution >= 4 is 12.0 Å². The van der Waals surface area contributed by atoms with Gasteiger partial charge in [0.05, 0.1) is 18.8 Å². The van der Waals surface area contributed by atoms with E-state index in [0.29, 0.717) is 12.2 Å². The molecule has 1 atom stereocenters. The second-order valence-electron chi connectivity index (χ2n) is 4.11. The molecule has 0 spiro atoms. The molecule has 0 aliphatic heterocycles. The third-order valence-corrected chi connectivity index (χ3v) is 2.74. The quantitative estimate of drug-likeness (QED) is 0.664. The maximum atomic E-state index is 11.9. The molecular formula is C12H17N5O3. The minimum Gasteiger partial charge on any atom is -0.480 e. The number of H-pyrrole nitrogens is 1. The molecule has 108 valence electrons. The van der Waals surface area contributed by atoms with Gasteiger partial charge in [0.2, 0.25) is 0 Å². The van der Waals surface area contributed by atoms with Gasteiger partial charge in [-0.1, -0.05) is 0 Å². The standard InChI is InChI=1S/C12H17N5O3/c1-2-17(5-3-4-13)12(20)16-10(11(18)19)6-9-7-14-8-15-9/h7-8,10H,2-3,5-6H2,1H3,(H,14,15)(H,16,20)(H,18,19)/t10-/m0/s1. The lowest BCUT2D eigenvalue weighted by molar-refractivity contribution is -0.139. The minimum atomic E-state index is -1.12. The fourth-order valence-electron chi connectivity index (χ4n) is 1.64. The van der Waals surface area contributed by atoms with Gasteiger partial charge in [0.1, 0.15) is 6.04 Å². The van der Waals surface area contributed by atoms with Crippen LogP contribution < -0.4 is 5.32 Å².